The van der Waals surface area contributed by atoms with Gasteiger partial charge in [-0.3, -0.25) is 0 Å². The van der Waals surface area contributed by atoms with Crippen LogP contribution in [0.25, 0.3) is 11.0 Å². The number of nitrogens with two attached hydrogens (primary N) is 1. The molecule has 1 aromatic heterocycles. The van der Waals surface area contributed by atoms with Crippen molar-refractivity contribution < 1.29 is 0 Å². The molecule has 0 bridgehead atoms. The van der Waals surface area contributed by atoms with Gasteiger partial charge in [-0.1, -0.05) is 25.6 Å². The van der Waals surface area contributed by atoms with E-state index in [0.717, 1.165) is 27.6 Å². The molecule has 15 heavy (non-hydrogen) atoms. The molecule has 0 saturated carbocycles. The van der Waals surface area contributed by atoms with E-state index in [1.54, 1.807) is 11.8 Å². The molecule has 0 amide bonds. The largest absolute Gasteiger partial charge is 0.399 e. The zero-order valence-electron chi connectivity index (χ0n) is 8.95. The average Bonchev–Trinajstić information content (AvgIpc) is 2.56. The van der Waals surface area contributed by atoms with Gasteiger partial charge in [-0.15, -0.1) is 0 Å². The molecule has 0 aliphatic heterocycles. The summed E-state index contributed by atoms with van der Waals surface area (Å²) in [6, 6.07) is 5.74. The lowest BCUT2D eigenvalue weighted by molar-refractivity contribution is 0.748. The quantitative estimate of drug-likeness (QED) is 0.619. The molecule has 0 aliphatic carbocycles. The molecule has 1 aromatic carbocycles. The van der Waals surface area contributed by atoms with Crippen LogP contribution in [-0.4, -0.2) is 15.7 Å². The molecule has 0 atom stereocenters. The number of thioether (sulfide) groups is 1. The van der Waals surface area contributed by atoms with Crippen molar-refractivity contribution in [2.24, 2.45) is 5.92 Å². The fourth-order valence-corrected chi connectivity index (χ4v) is 2.15. The molecule has 0 aliphatic rings. The van der Waals surface area contributed by atoms with E-state index >= 15 is 0 Å². The van der Waals surface area contributed by atoms with Crippen LogP contribution in [0.5, 0.6) is 0 Å². The lowest BCUT2D eigenvalue weighted by Gasteiger charge is -1.99. The second kappa shape index (κ2) is 4.14. The number of nitrogens with zero attached hydrogens (tertiary/aromatic N) is 1. The Morgan fingerprint density at radius 2 is 2.27 bits per heavy atom. The number of benzene rings is 1. The van der Waals surface area contributed by atoms with Crippen LogP contribution in [0.4, 0.5) is 5.69 Å². The first-order valence-electron chi connectivity index (χ1n) is 5.03. The highest BCUT2D eigenvalue weighted by atomic mass is 32.2. The maximum atomic E-state index is 5.70. The number of anilines is 1. The lowest BCUT2D eigenvalue weighted by atomic mass is 10.3. The van der Waals surface area contributed by atoms with Crippen LogP contribution in [0.1, 0.15) is 13.8 Å². The number of rotatable bonds is 3. The van der Waals surface area contributed by atoms with Crippen LogP contribution in [0.3, 0.4) is 0 Å². The summed E-state index contributed by atoms with van der Waals surface area (Å²) in [7, 11) is 0. The zero-order valence-corrected chi connectivity index (χ0v) is 9.77. The van der Waals surface area contributed by atoms with Crippen molar-refractivity contribution in [2.45, 2.75) is 19.0 Å². The van der Waals surface area contributed by atoms with Gasteiger partial charge in [-0.2, -0.15) is 0 Å². The van der Waals surface area contributed by atoms with Gasteiger partial charge in [0.05, 0.1) is 11.0 Å². The van der Waals surface area contributed by atoms with Gasteiger partial charge in [0.1, 0.15) is 0 Å². The minimum absolute atomic E-state index is 0.674. The molecular weight excluding hydrogens is 206 g/mol. The molecule has 0 radical (unpaired) electrons. The van der Waals surface area contributed by atoms with E-state index in [4.69, 9.17) is 5.73 Å². The number of nitrogen functional groups attached to an aromatic ring is 1. The van der Waals surface area contributed by atoms with Gasteiger partial charge in [0.15, 0.2) is 5.16 Å². The second-order valence-corrected chi connectivity index (χ2v) is 5.03. The summed E-state index contributed by atoms with van der Waals surface area (Å²) in [6.45, 7) is 4.40. The Bertz CT molecular complexity index is 462. The van der Waals surface area contributed by atoms with E-state index < -0.39 is 0 Å². The number of nitrogens with one attached hydrogen (secondary N) is 1. The molecule has 4 heteroatoms. The summed E-state index contributed by atoms with van der Waals surface area (Å²) in [4.78, 5) is 7.74. The Labute approximate surface area is 93.5 Å². The number of fused-ring (bicyclic) bond motifs is 1. The number of aromatic nitrogens is 2. The maximum absolute atomic E-state index is 5.70. The fourth-order valence-electron chi connectivity index (χ4n) is 1.32. The first kappa shape index (κ1) is 10.4. The van der Waals surface area contributed by atoms with Crippen LogP contribution < -0.4 is 5.73 Å². The van der Waals surface area contributed by atoms with E-state index in [2.05, 4.69) is 23.8 Å². The Kier molecular flexibility index (Phi) is 2.86. The Balaban J connectivity index is 2.23. The third-order valence-electron chi connectivity index (χ3n) is 2.04. The molecule has 3 N–H and O–H groups in total. The van der Waals surface area contributed by atoms with Crippen molar-refractivity contribution in [2.75, 3.05) is 11.5 Å². The molecular formula is C11H15N3S. The summed E-state index contributed by atoms with van der Waals surface area (Å²) in [6.07, 6.45) is 0. The molecule has 0 saturated heterocycles. The Hall–Kier alpha value is -1.16. The number of hydrogen-bond donors (Lipinski definition) is 2. The minimum Gasteiger partial charge on any atom is -0.399 e. The van der Waals surface area contributed by atoms with E-state index in [-0.39, 0.29) is 0 Å². The van der Waals surface area contributed by atoms with Crippen LogP contribution in [0.15, 0.2) is 23.4 Å². The monoisotopic (exact) mass is 221 g/mol. The third-order valence-corrected chi connectivity index (χ3v) is 3.34. The molecule has 2 rings (SSSR count). The molecule has 80 valence electrons. The van der Waals surface area contributed by atoms with Crippen molar-refractivity contribution in [1.82, 2.24) is 9.97 Å². The van der Waals surface area contributed by atoms with E-state index in [9.17, 15) is 0 Å². The predicted octanol–water partition coefficient (Wildman–Crippen LogP) is 2.89. The van der Waals surface area contributed by atoms with Gasteiger partial charge in [0.25, 0.3) is 0 Å². The molecule has 3 nitrogen and oxygen atoms in total. The van der Waals surface area contributed by atoms with Crippen LogP contribution in [0, 0.1) is 5.92 Å². The number of imidazole rings is 1. The van der Waals surface area contributed by atoms with Crippen LogP contribution in [0.2, 0.25) is 0 Å². The summed E-state index contributed by atoms with van der Waals surface area (Å²) in [5, 5.41) is 0.976. The molecule has 0 unspecified atom stereocenters. The van der Waals surface area contributed by atoms with E-state index in [0.29, 0.717) is 5.92 Å². The number of aromatic amines is 1. The first-order valence-corrected chi connectivity index (χ1v) is 6.02. The van der Waals surface area contributed by atoms with E-state index in [1.807, 2.05) is 18.2 Å². The maximum Gasteiger partial charge on any atom is 0.166 e. The van der Waals surface area contributed by atoms with Crippen LogP contribution >= 0.6 is 11.8 Å². The van der Waals surface area contributed by atoms with Crippen LogP contribution in [-0.2, 0) is 0 Å². The zero-order chi connectivity index (χ0) is 10.8. The molecule has 2 aromatic rings. The Morgan fingerprint density at radius 1 is 1.47 bits per heavy atom. The second-order valence-electron chi connectivity index (χ2n) is 4.02. The van der Waals surface area contributed by atoms with Gasteiger partial charge in [-0.05, 0) is 24.1 Å². The number of H-pyrrole nitrogens is 1. The molecule has 1 heterocycles. The predicted molar refractivity (Wildman–Crippen MR) is 66.1 cm³/mol. The average molecular weight is 221 g/mol. The van der Waals surface area contributed by atoms with Gasteiger partial charge >= 0.3 is 0 Å². The molecule has 0 fully saturated rings. The van der Waals surface area contributed by atoms with Crippen molar-refractivity contribution in [3.63, 3.8) is 0 Å². The standard InChI is InChI=1S/C11H15N3S/c1-7(2)6-15-11-13-9-4-3-8(12)5-10(9)14-11/h3-5,7H,6,12H2,1-2H3,(H,13,14). The van der Waals surface area contributed by atoms with Crippen molar-refractivity contribution >= 4 is 28.5 Å². The normalized spacial score (nSPS) is 11.4. The van der Waals surface area contributed by atoms with Gasteiger partial charge < -0.3 is 10.7 Å². The summed E-state index contributed by atoms with van der Waals surface area (Å²) in [5.41, 5.74) is 8.47. The topological polar surface area (TPSA) is 54.7 Å². The number of hydrogen-bond acceptors (Lipinski definition) is 3. The third kappa shape index (κ3) is 2.45. The van der Waals surface area contributed by atoms with Crippen molar-refractivity contribution in [3.05, 3.63) is 18.2 Å². The highest BCUT2D eigenvalue weighted by Crippen LogP contribution is 2.22. The summed E-state index contributed by atoms with van der Waals surface area (Å²) >= 11 is 1.75. The first-order chi connectivity index (χ1) is 7.15. The fraction of sp³-hybridized carbons (Fsp3) is 0.364. The Morgan fingerprint density at radius 3 is 3.00 bits per heavy atom. The summed E-state index contributed by atoms with van der Waals surface area (Å²) in [5.74, 6) is 1.75. The van der Waals surface area contributed by atoms with Gasteiger partial charge in [-0.25, -0.2) is 4.98 Å². The highest BCUT2D eigenvalue weighted by molar-refractivity contribution is 7.99. The van der Waals surface area contributed by atoms with E-state index in [1.165, 1.54) is 0 Å². The van der Waals surface area contributed by atoms with Gasteiger partial charge in [0, 0.05) is 11.4 Å². The summed E-state index contributed by atoms with van der Waals surface area (Å²) < 4.78 is 0. The SMILES string of the molecule is CC(C)CSc1nc2ccc(N)cc2[nH]1. The smallest absolute Gasteiger partial charge is 0.166 e. The van der Waals surface area contributed by atoms with Crippen molar-refractivity contribution in [1.29, 1.82) is 0 Å². The minimum atomic E-state index is 0.674. The van der Waals surface area contributed by atoms with Gasteiger partial charge in [0.2, 0.25) is 0 Å². The highest BCUT2D eigenvalue weighted by Gasteiger charge is 2.04. The lowest BCUT2D eigenvalue weighted by Crippen LogP contribution is -1.90. The molecule has 0 spiro atoms. The van der Waals surface area contributed by atoms with Crippen molar-refractivity contribution in [3.8, 4) is 0 Å².